The Hall–Kier alpha value is -2.82. The third kappa shape index (κ3) is 4.34. The Morgan fingerprint density at radius 1 is 1.14 bits per heavy atom. The summed E-state index contributed by atoms with van der Waals surface area (Å²) in [5.41, 5.74) is 2.12. The molecule has 6 nitrogen and oxygen atoms in total. The number of anilines is 1. The number of hydrogen-bond acceptors (Lipinski definition) is 4. The number of rotatable bonds is 4. The average Bonchev–Trinajstić information content (AvgIpc) is 2.46. The molecule has 0 amide bonds. The van der Waals surface area contributed by atoms with Gasteiger partial charge < -0.3 is 5.11 Å². The van der Waals surface area contributed by atoms with Crippen molar-refractivity contribution in [1.29, 1.82) is 5.26 Å². The quantitative estimate of drug-likeness (QED) is 0.591. The highest BCUT2D eigenvalue weighted by Gasteiger charge is 2.04. The van der Waals surface area contributed by atoms with Gasteiger partial charge in [-0.2, -0.15) is 13.7 Å². The summed E-state index contributed by atoms with van der Waals surface area (Å²) in [6.45, 7) is 0. The molecular weight excluding hydrogens is 302 g/mol. The summed E-state index contributed by atoms with van der Waals surface area (Å²) in [6.07, 6.45) is 1.67. The van der Waals surface area contributed by atoms with Crippen LogP contribution in [0.1, 0.15) is 11.1 Å². The van der Waals surface area contributed by atoms with E-state index in [-0.39, 0.29) is 5.75 Å². The fraction of sp³-hybridized carbons (Fsp3) is 0. The highest BCUT2D eigenvalue weighted by Crippen LogP contribution is 2.21. The zero-order chi connectivity index (χ0) is 16.2. The molecular formula is C15H13N3O3S. The fourth-order valence-electron chi connectivity index (χ4n) is 1.80. The lowest BCUT2D eigenvalue weighted by Crippen LogP contribution is -2.21. The first-order chi connectivity index (χ1) is 10.4. The van der Waals surface area contributed by atoms with Gasteiger partial charge in [0.05, 0.1) is 11.6 Å². The predicted octanol–water partition coefficient (Wildman–Crippen LogP) is 2.07. The van der Waals surface area contributed by atoms with E-state index >= 15 is 0 Å². The number of nitrogens with one attached hydrogen (secondary N) is 1. The molecule has 0 spiro atoms. The predicted molar refractivity (Wildman–Crippen MR) is 84.8 cm³/mol. The molecule has 0 aliphatic heterocycles. The Labute approximate surface area is 128 Å². The summed E-state index contributed by atoms with van der Waals surface area (Å²) in [5, 5.41) is 23.4. The number of nitrogens with two attached hydrogens (primary N) is 1. The summed E-state index contributed by atoms with van der Waals surface area (Å²) >= 11 is 0. The molecule has 0 saturated carbocycles. The second kappa shape index (κ2) is 6.30. The van der Waals surface area contributed by atoms with E-state index in [2.05, 4.69) is 10.8 Å². The van der Waals surface area contributed by atoms with Crippen molar-refractivity contribution in [3.63, 3.8) is 0 Å². The largest absolute Gasteiger partial charge is 0.508 e. The van der Waals surface area contributed by atoms with Crippen LogP contribution in [0.3, 0.4) is 0 Å². The van der Waals surface area contributed by atoms with Crippen molar-refractivity contribution in [2.75, 3.05) is 4.72 Å². The van der Waals surface area contributed by atoms with Crippen molar-refractivity contribution >= 4 is 27.5 Å². The number of phenols is 1. The molecule has 0 heterocycles. The molecule has 0 saturated heterocycles. The second-order valence-corrected chi connectivity index (χ2v) is 5.78. The number of aromatic hydroxyl groups is 1. The van der Waals surface area contributed by atoms with Crippen LogP contribution in [-0.2, 0) is 10.2 Å². The number of allylic oxidation sites excluding steroid dienone is 1. The van der Waals surface area contributed by atoms with Gasteiger partial charge in [-0.3, -0.25) is 4.72 Å². The summed E-state index contributed by atoms with van der Waals surface area (Å²) in [7, 11) is -3.82. The molecule has 0 aromatic heterocycles. The third-order valence-electron chi connectivity index (χ3n) is 2.78. The zero-order valence-electron chi connectivity index (χ0n) is 11.4. The van der Waals surface area contributed by atoms with Crippen molar-refractivity contribution in [2.24, 2.45) is 5.14 Å². The minimum absolute atomic E-state index is 0.147. The Bertz CT molecular complexity index is 833. The molecule has 22 heavy (non-hydrogen) atoms. The van der Waals surface area contributed by atoms with Gasteiger partial charge in [0.2, 0.25) is 0 Å². The van der Waals surface area contributed by atoms with Gasteiger partial charge >= 0.3 is 0 Å². The molecule has 0 atom stereocenters. The minimum Gasteiger partial charge on any atom is -0.508 e. The molecule has 2 rings (SSSR count). The molecule has 0 bridgehead atoms. The van der Waals surface area contributed by atoms with Gasteiger partial charge in [-0.25, -0.2) is 5.14 Å². The normalized spacial score (nSPS) is 11.7. The second-order valence-electron chi connectivity index (χ2n) is 4.49. The molecule has 2 aromatic carbocycles. The Morgan fingerprint density at radius 3 is 2.23 bits per heavy atom. The van der Waals surface area contributed by atoms with E-state index in [1.165, 1.54) is 24.3 Å². The fourth-order valence-corrected chi connectivity index (χ4v) is 2.26. The molecule has 7 heteroatoms. The average molecular weight is 315 g/mol. The standard InChI is InChI=1S/C15H13N3O3S/c16-10-13(9-11-1-7-15(19)8-2-11)12-3-5-14(6-4-12)18-22(17,20)21/h1-9,18-19H,(H2,17,20,21). The van der Waals surface area contributed by atoms with E-state index in [4.69, 9.17) is 5.14 Å². The van der Waals surface area contributed by atoms with Crippen molar-refractivity contribution in [2.45, 2.75) is 0 Å². The smallest absolute Gasteiger partial charge is 0.296 e. The van der Waals surface area contributed by atoms with Gasteiger partial charge in [-0.15, -0.1) is 0 Å². The van der Waals surface area contributed by atoms with Gasteiger partial charge in [0, 0.05) is 5.69 Å². The van der Waals surface area contributed by atoms with E-state index in [0.29, 0.717) is 16.8 Å². The van der Waals surface area contributed by atoms with Crippen LogP contribution in [0.25, 0.3) is 11.6 Å². The lowest BCUT2D eigenvalue weighted by Gasteiger charge is -2.05. The Morgan fingerprint density at radius 2 is 1.73 bits per heavy atom. The van der Waals surface area contributed by atoms with Gasteiger partial charge in [0.25, 0.3) is 10.2 Å². The summed E-state index contributed by atoms with van der Waals surface area (Å²) in [6, 6.07) is 14.8. The van der Waals surface area contributed by atoms with Gasteiger partial charge in [0.1, 0.15) is 5.75 Å². The monoisotopic (exact) mass is 315 g/mol. The zero-order valence-corrected chi connectivity index (χ0v) is 12.2. The molecule has 0 aliphatic rings. The molecule has 4 N–H and O–H groups in total. The van der Waals surface area contributed by atoms with E-state index in [0.717, 1.165) is 5.56 Å². The number of hydrogen-bond donors (Lipinski definition) is 3. The summed E-state index contributed by atoms with van der Waals surface area (Å²) in [5.74, 6) is 0.147. The van der Waals surface area contributed by atoms with Crippen LogP contribution >= 0.6 is 0 Å². The van der Waals surface area contributed by atoms with E-state index < -0.39 is 10.2 Å². The molecule has 2 aromatic rings. The van der Waals surface area contributed by atoms with Crippen LogP contribution in [0.15, 0.2) is 48.5 Å². The third-order valence-corrected chi connectivity index (χ3v) is 3.30. The first-order valence-electron chi connectivity index (χ1n) is 6.19. The number of phenolic OH excluding ortho intramolecular Hbond substituents is 1. The first kappa shape index (κ1) is 15.6. The van der Waals surface area contributed by atoms with Crippen LogP contribution in [0.2, 0.25) is 0 Å². The summed E-state index contributed by atoms with van der Waals surface area (Å²) in [4.78, 5) is 0. The first-order valence-corrected chi connectivity index (χ1v) is 7.74. The topological polar surface area (TPSA) is 116 Å². The SMILES string of the molecule is N#CC(=Cc1ccc(O)cc1)c1ccc(NS(N)(=O)=O)cc1. The van der Waals surface area contributed by atoms with Crippen LogP contribution in [0.4, 0.5) is 5.69 Å². The molecule has 0 aliphatic carbocycles. The molecule has 0 unspecified atom stereocenters. The Kier molecular flexibility index (Phi) is 4.46. The summed E-state index contributed by atoms with van der Waals surface area (Å²) < 4.78 is 24.0. The highest BCUT2D eigenvalue weighted by atomic mass is 32.2. The maximum Gasteiger partial charge on any atom is 0.296 e. The van der Waals surface area contributed by atoms with Crippen LogP contribution in [0.5, 0.6) is 5.75 Å². The number of nitrogens with zero attached hydrogens (tertiary/aromatic N) is 1. The van der Waals surface area contributed by atoms with Crippen LogP contribution in [0, 0.1) is 11.3 Å². The maximum atomic E-state index is 10.9. The van der Waals surface area contributed by atoms with Gasteiger partial charge in [0.15, 0.2) is 0 Å². The van der Waals surface area contributed by atoms with Crippen LogP contribution < -0.4 is 9.86 Å². The van der Waals surface area contributed by atoms with Gasteiger partial charge in [-0.1, -0.05) is 24.3 Å². The number of nitriles is 1. The van der Waals surface area contributed by atoms with Crippen LogP contribution in [-0.4, -0.2) is 13.5 Å². The van der Waals surface area contributed by atoms with Crippen molar-refractivity contribution in [3.05, 3.63) is 59.7 Å². The lowest BCUT2D eigenvalue weighted by molar-refractivity contribution is 0.475. The van der Waals surface area contributed by atoms with Crippen molar-refractivity contribution in [3.8, 4) is 11.8 Å². The van der Waals surface area contributed by atoms with E-state index in [1.54, 1.807) is 30.3 Å². The molecule has 0 fully saturated rings. The Balaban J connectivity index is 2.28. The van der Waals surface area contributed by atoms with Crippen molar-refractivity contribution in [1.82, 2.24) is 0 Å². The minimum atomic E-state index is -3.82. The van der Waals surface area contributed by atoms with E-state index in [9.17, 15) is 18.8 Å². The number of benzene rings is 2. The highest BCUT2D eigenvalue weighted by molar-refractivity contribution is 7.90. The molecule has 112 valence electrons. The van der Waals surface area contributed by atoms with Crippen molar-refractivity contribution < 1.29 is 13.5 Å². The maximum absolute atomic E-state index is 10.9. The van der Waals surface area contributed by atoms with E-state index in [1.807, 2.05) is 0 Å². The van der Waals surface area contributed by atoms with Gasteiger partial charge in [-0.05, 0) is 41.5 Å². The molecule has 0 radical (unpaired) electrons. The lowest BCUT2D eigenvalue weighted by atomic mass is 10.0.